The molecule has 18 heavy (non-hydrogen) atoms. The topological polar surface area (TPSA) is 84.5 Å². The van der Waals surface area contributed by atoms with Crippen LogP contribution in [-0.4, -0.2) is 20.6 Å². The van der Waals surface area contributed by atoms with E-state index in [0.717, 1.165) is 0 Å². The maximum atomic E-state index is 11.6. The Morgan fingerprint density at radius 1 is 1.39 bits per heavy atom. The molecule has 6 nitrogen and oxygen atoms in total. The third kappa shape index (κ3) is 5.37. The minimum Gasteiger partial charge on any atom is -0.446 e. The first-order chi connectivity index (χ1) is 8.28. The monoisotopic (exact) mass is 336 g/mol. The van der Waals surface area contributed by atoms with E-state index in [9.17, 15) is 13.2 Å². The lowest BCUT2D eigenvalue weighted by Gasteiger charge is -2.11. The van der Waals surface area contributed by atoms with Gasteiger partial charge < -0.3 is 4.74 Å². The summed E-state index contributed by atoms with van der Waals surface area (Å²) in [4.78, 5) is 11.2. The average Bonchev–Trinajstić information content (AvgIpc) is 2.13. The molecule has 0 aromatic heterocycles. The molecule has 0 saturated carbocycles. The zero-order valence-electron chi connectivity index (χ0n) is 9.81. The molecule has 2 N–H and O–H groups in total. The predicted molar refractivity (Wildman–Crippen MR) is 71.4 cm³/mol. The summed E-state index contributed by atoms with van der Waals surface area (Å²) >= 11 is 3.21. The van der Waals surface area contributed by atoms with E-state index < -0.39 is 22.4 Å². The van der Waals surface area contributed by atoms with Crippen LogP contribution in [0.4, 0.5) is 10.5 Å². The van der Waals surface area contributed by atoms with E-state index in [-0.39, 0.29) is 0 Å². The number of carbonyl (C=O) groups excluding carboxylic acids is 1. The van der Waals surface area contributed by atoms with Gasteiger partial charge in [0, 0.05) is 4.47 Å². The predicted octanol–water partition coefficient (Wildman–Crippen LogP) is 2.24. The van der Waals surface area contributed by atoms with Gasteiger partial charge in [0.1, 0.15) is 0 Å². The Balaban J connectivity index is 2.68. The molecule has 100 valence electrons. The van der Waals surface area contributed by atoms with Crippen molar-refractivity contribution < 1.29 is 17.9 Å². The van der Waals surface area contributed by atoms with E-state index in [1.54, 1.807) is 42.8 Å². The number of amides is 1. The zero-order chi connectivity index (χ0) is 13.8. The van der Waals surface area contributed by atoms with Gasteiger partial charge in [0.25, 0.3) is 0 Å². The molecule has 1 rings (SSSR count). The van der Waals surface area contributed by atoms with Gasteiger partial charge in [-0.25, -0.2) is 9.52 Å². The highest BCUT2D eigenvalue weighted by Gasteiger charge is 2.16. The van der Waals surface area contributed by atoms with E-state index in [4.69, 9.17) is 0 Å². The van der Waals surface area contributed by atoms with Crippen LogP contribution in [-0.2, 0) is 14.9 Å². The van der Waals surface area contributed by atoms with Crippen molar-refractivity contribution in [2.45, 2.75) is 20.0 Å². The Morgan fingerprint density at radius 3 is 2.61 bits per heavy atom. The molecule has 0 spiro atoms. The molecule has 0 radical (unpaired) electrons. The summed E-state index contributed by atoms with van der Waals surface area (Å²) in [6.45, 7) is 3.24. The lowest BCUT2D eigenvalue weighted by atomic mass is 10.3. The Kier molecular flexibility index (Phi) is 4.97. The van der Waals surface area contributed by atoms with E-state index in [1.807, 2.05) is 0 Å². The van der Waals surface area contributed by atoms with Gasteiger partial charge >= 0.3 is 16.3 Å². The van der Waals surface area contributed by atoms with Crippen LogP contribution in [0.3, 0.4) is 0 Å². The normalized spacial score (nSPS) is 11.1. The minimum absolute atomic E-state index is 0.328. The molecule has 0 bridgehead atoms. The molecule has 0 atom stereocenters. The number of nitrogens with one attached hydrogen (secondary N) is 2. The number of ether oxygens (including phenoxy) is 1. The number of rotatable bonds is 4. The van der Waals surface area contributed by atoms with Crippen LogP contribution in [0.5, 0.6) is 0 Å². The highest BCUT2D eigenvalue weighted by Crippen LogP contribution is 2.16. The largest absolute Gasteiger partial charge is 0.446 e. The van der Waals surface area contributed by atoms with E-state index in [0.29, 0.717) is 10.2 Å². The van der Waals surface area contributed by atoms with Crippen LogP contribution < -0.4 is 9.44 Å². The van der Waals surface area contributed by atoms with Gasteiger partial charge in [-0.15, -0.1) is 0 Å². The van der Waals surface area contributed by atoms with Crippen LogP contribution in [0.1, 0.15) is 13.8 Å². The number of anilines is 1. The van der Waals surface area contributed by atoms with Gasteiger partial charge in [-0.1, -0.05) is 22.0 Å². The molecule has 0 unspecified atom stereocenters. The van der Waals surface area contributed by atoms with Gasteiger partial charge in [0.2, 0.25) is 0 Å². The van der Waals surface area contributed by atoms with Crippen LogP contribution in [0, 0.1) is 0 Å². The van der Waals surface area contributed by atoms with Gasteiger partial charge in [-0.2, -0.15) is 8.42 Å². The molecule has 1 amide bonds. The van der Waals surface area contributed by atoms with Gasteiger partial charge in [-0.05, 0) is 32.0 Å². The second-order valence-corrected chi connectivity index (χ2v) is 6.00. The molecule has 8 heteroatoms. The van der Waals surface area contributed by atoms with Crippen molar-refractivity contribution in [1.29, 1.82) is 0 Å². The summed E-state index contributed by atoms with van der Waals surface area (Å²) in [6, 6.07) is 6.53. The number of carbonyl (C=O) groups is 1. The fourth-order valence-electron chi connectivity index (χ4n) is 1.08. The highest BCUT2D eigenvalue weighted by atomic mass is 79.9. The van der Waals surface area contributed by atoms with Crippen LogP contribution in [0.2, 0.25) is 0 Å². The maximum Gasteiger partial charge on any atom is 0.422 e. The highest BCUT2D eigenvalue weighted by molar-refractivity contribution is 9.10. The standard InChI is InChI=1S/C10H13BrN2O4S/c1-7(2)17-10(14)13-18(15,16)12-9-5-3-4-8(11)6-9/h3-7,12H,1-2H3,(H,13,14). The number of halogens is 1. The Labute approximate surface area is 114 Å². The van der Waals surface area contributed by atoms with E-state index >= 15 is 0 Å². The lowest BCUT2D eigenvalue weighted by molar-refractivity contribution is 0.121. The molecular formula is C10H13BrN2O4S. The van der Waals surface area contributed by atoms with Crippen molar-refractivity contribution in [3.05, 3.63) is 28.7 Å². The molecule has 0 aliphatic rings. The van der Waals surface area contributed by atoms with Crippen molar-refractivity contribution in [3.63, 3.8) is 0 Å². The first-order valence-corrected chi connectivity index (χ1v) is 7.33. The third-order valence-electron chi connectivity index (χ3n) is 1.64. The summed E-state index contributed by atoms with van der Waals surface area (Å²) in [5.41, 5.74) is 0.328. The van der Waals surface area contributed by atoms with Gasteiger partial charge in [-0.3, -0.25) is 4.72 Å². The first kappa shape index (κ1) is 14.8. The van der Waals surface area contributed by atoms with E-state index in [1.165, 1.54) is 0 Å². The Morgan fingerprint density at radius 2 is 2.06 bits per heavy atom. The summed E-state index contributed by atoms with van der Waals surface area (Å²) in [6.07, 6.45) is -1.42. The zero-order valence-corrected chi connectivity index (χ0v) is 12.2. The molecule has 0 aliphatic heterocycles. The Hall–Kier alpha value is -1.28. The third-order valence-corrected chi connectivity index (χ3v) is 3.07. The second-order valence-electron chi connectivity index (χ2n) is 3.67. The number of hydrogen-bond donors (Lipinski definition) is 2. The molecule has 0 saturated heterocycles. The SMILES string of the molecule is CC(C)OC(=O)NS(=O)(=O)Nc1cccc(Br)c1. The molecule has 1 aromatic carbocycles. The Bertz CT molecular complexity index is 530. The van der Waals surface area contributed by atoms with Crippen LogP contribution in [0.15, 0.2) is 28.7 Å². The van der Waals surface area contributed by atoms with Crippen molar-refractivity contribution in [1.82, 2.24) is 4.72 Å². The fourth-order valence-corrected chi connectivity index (χ4v) is 2.24. The van der Waals surface area contributed by atoms with Crippen molar-refractivity contribution in [2.24, 2.45) is 0 Å². The molecule has 0 aliphatic carbocycles. The second kappa shape index (κ2) is 6.05. The number of benzene rings is 1. The van der Waals surface area contributed by atoms with Crippen LogP contribution in [0.25, 0.3) is 0 Å². The summed E-state index contributed by atoms with van der Waals surface area (Å²) in [5.74, 6) is 0. The summed E-state index contributed by atoms with van der Waals surface area (Å²) in [5, 5.41) is 0. The van der Waals surface area contributed by atoms with Crippen LogP contribution >= 0.6 is 15.9 Å². The summed E-state index contributed by atoms with van der Waals surface area (Å²) in [7, 11) is -3.99. The molecule has 0 fully saturated rings. The first-order valence-electron chi connectivity index (χ1n) is 5.05. The lowest BCUT2D eigenvalue weighted by Crippen LogP contribution is -2.36. The maximum absolute atomic E-state index is 11.6. The van der Waals surface area contributed by atoms with Gasteiger partial charge in [0.05, 0.1) is 11.8 Å². The van der Waals surface area contributed by atoms with Gasteiger partial charge in [0.15, 0.2) is 0 Å². The average molecular weight is 337 g/mol. The van der Waals surface area contributed by atoms with Crippen molar-refractivity contribution >= 4 is 37.9 Å². The molecular weight excluding hydrogens is 324 g/mol. The van der Waals surface area contributed by atoms with Crippen molar-refractivity contribution in [3.8, 4) is 0 Å². The fraction of sp³-hybridized carbons (Fsp3) is 0.300. The number of hydrogen-bond acceptors (Lipinski definition) is 4. The van der Waals surface area contributed by atoms with Crippen molar-refractivity contribution in [2.75, 3.05) is 4.72 Å². The molecule has 1 aromatic rings. The summed E-state index contributed by atoms with van der Waals surface area (Å²) < 4.78 is 32.4. The van der Waals surface area contributed by atoms with E-state index in [2.05, 4.69) is 25.4 Å². The quantitative estimate of drug-likeness (QED) is 0.882. The minimum atomic E-state index is -3.99. The molecule has 0 heterocycles. The smallest absolute Gasteiger partial charge is 0.422 e.